The van der Waals surface area contributed by atoms with Gasteiger partial charge in [0, 0.05) is 6.54 Å². The van der Waals surface area contributed by atoms with Crippen molar-refractivity contribution in [3.63, 3.8) is 0 Å². The number of nitrogens with one attached hydrogen (secondary N) is 1. The summed E-state index contributed by atoms with van der Waals surface area (Å²) in [6, 6.07) is 3.20. The van der Waals surface area contributed by atoms with Gasteiger partial charge in [0.1, 0.15) is 5.75 Å². The summed E-state index contributed by atoms with van der Waals surface area (Å²) >= 11 is 0. The van der Waals surface area contributed by atoms with Crippen LogP contribution in [0.15, 0.2) is 17.0 Å². The zero-order valence-corrected chi connectivity index (χ0v) is 14.9. The van der Waals surface area contributed by atoms with Crippen molar-refractivity contribution in [2.75, 3.05) is 13.7 Å². The van der Waals surface area contributed by atoms with E-state index in [0.717, 1.165) is 36.8 Å². The number of aliphatic hydroxyl groups is 1. The standard InChI is InChI=1S/C17H27NO4S/c1-12-9-15(10-13(2)17(12)22-3)23(20,21)18-11-16(19)14-7-5-4-6-8-14/h9-10,14,16,18-19H,4-8,11H2,1-3H3. The molecule has 1 unspecified atom stereocenters. The minimum absolute atomic E-state index is 0.0666. The molecule has 0 saturated heterocycles. The van der Waals surface area contributed by atoms with E-state index in [1.165, 1.54) is 6.42 Å². The van der Waals surface area contributed by atoms with Crippen LogP contribution in [-0.2, 0) is 10.0 Å². The Bertz CT molecular complexity index is 613. The highest BCUT2D eigenvalue weighted by atomic mass is 32.2. The minimum atomic E-state index is -3.63. The van der Waals surface area contributed by atoms with E-state index in [-0.39, 0.29) is 17.4 Å². The van der Waals surface area contributed by atoms with E-state index in [4.69, 9.17) is 4.74 Å². The number of benzene rings is 1. The smallest absolute Gasteiger partial charge is 0.240 e. The molecule has 1 aliphatic rings. The highest BCUT2D eigenvalue weighted by Gasteiger charge is 2.24. The molecule has 2 rings (SSSR count). The zero-order chi connectivity index (χ0) is 17.0. The quantitative estimate of drug-likeness (QED) is 0.834. The SMILES string of the molecule is COc1c(C)cc(S(=O)(=O)NCC(O)C2CCCCC2)cc1C. The number of ether oxygens (including phenoxy) is 1. The summed E-state index contributed by atoms with van der Waals surface area (Å²) in [5.41, 5.74) is 1.56. The van der Waals surface area contributed by atoms with E-state index in [1.54, 1.807) is 19.2 Å². The van der Waals surface area contributed by atoms with Gasteiger partial charge in [0.15, 0.2) is 0 Å². The third kappa shape index (κ3) is 4.46. The van der Waals surface area contributed by atoms with Crippen LogP contribution in [0.25, 0.3) is 0 Å². The number of methoxy groups -OCH3 is 1. The first-order valence-electron chi connectivity index (χ1n) is 8.18. The average Bonchev–Trinajstić information content (AvgIpc) is 2.53. The highest BCUT2D eigenvalue weighted by molar-refractivity contribution is 7.89. The Kier molecular flexibility index (Phi) is 6.06. The van der Waals surface area contributed by atoms with Gasteiger partial charge in [-0.05, 0) is 55.9 Å². The Morgan fingerprint density at radius 2 is 1.78 bits per heavy atom. The maximum absolute atomic E-state index is 12.5. The third-order valence-electron chi connectivity index (χ3n) is 4.62. The fourth-order valence-electron chi connectivity index (χ4n) is 3.35. The van der Waals surface area contributed by atoms with Gasteiger partial charge in [-0.2, -0.15) is 0 Å². The topological polar surface area (TPSA) is 75.6 Å². The number of hydrogen-bond acceptors (Lipinski definition) is 4. The van der Waals surface area contributed by atoms with Crippen molar-refractivity contribution in [1.82, 2.24) is 4.72 Å². The molecule has 1 aromatic carbocycles. The zero-order valence-electron chi connectivity index (χ0n) is 14.1. The Balaban J connectivity index is 2.06. The molecule has 23 heavy (non-hydrogen) atoms. The van der Waals surface area contributed by atoms with E-state index in [1.807, 2.05) is 13.8 Å². The molecule has 0 aromatic heterocycles. The fraction of sp³-hybridized carbons (Fsp3) is 0.647. The maximum Gasteiger partial charge on any atom is 0.240 e. The molecule has 1 aliphatic carbocycles. The number of sulfonamides is 1. The van der Waals surface area contributed by atoms with Gasteiger partial charge < -0.3 is 9.84 Å². The molecule has 0 heterocycles. The van der Waals surface area contributed by atoms with Crippen molar-refractivity contribution in [2.45, 2.75) is 57.0 Å². The van der Waals surface area contributed by atoms with Crippen LogP contribution >= 0.6 is 0 Å². The summed E-state index contributed by atoms with van der Waals surface area (Å²) in [4.78, 5) is 0.212. The molecule has 6 heteroatoms. The molecule has 0 spiro atoms. The van der Waals surface area contributed by atoms with Crippen LogP contribution in [0.4, 0.5) is 0 Å². The summed E-state index contributed by atoms with van der Waals surface area (Å²) in [6.45, 7) is 3.71. The van der Waals surface area contributed by atoms with Gasteiger partial charge in [0.05, 0.1) is 18.1 Å². The van der Waals surface area contributed by atoms with E-state index in [9.17, 15) is 13.5 Å². The van der Waals surface area contributed by atoms with Crippen molar-refractivity contribution in [3.8, 4) is 5.75 Å². The molecule has 130 valence electrons. The van der Waals surface area contributed by atoms with Crippen LogP contribution in [-0.4, -0.2) is 33.3 Å². The van der Waals surface area contributed by atoms with Crippen LogP contribution in [0.3, 0.4) is 0 Å². The lowest BCUT2D eigenvalue weighted by Crippen LogP contribution is -2.37. The van der Waals surface area contributed by atoms with Gasteiger partial charge in [0.2, 0.25) is 10.0 Å². The molecule has 1 saturated carbocycles. The number of rotatable bonds is 6. The van der Waals surface area contributed by atoms with Crippen molar-refractivity contribution < 1.29 is 18.3 Å². The second-order valence-corrected chi connectivity index (χ2v) is 8.17. The van der Waals surface area contributed by atoms with Gasteiger partial charge in [-0.25, -0.2) is 13.1 Å². The number of hydrogen-bond donors (Lipinski definition) is 2. The molecule has 5 nitrogen and oxygen atoms in total. The Hall–Kier alpha value is -1.11. The van der Waals surface area contributed by atoms with Gasteiger partial charge in [-0.3, -0.25) is 0 Å². The Morgan fingerprint density at radius 3 is 2.30 bits per heavy atom. The second-order valence-electron chi connectivity index (χ2n) is 6.41. The molecular formula is C17H27NO4S. The Morgan fingerprint density at radius 1 is 1.22 bits per heavy atom. The Labute approximate surface area is 139 Å². The van der Waals surface area contributed by atoms with Gasteiger partial charge >= 0.3 is 0 Å². The normalized spacial score (nSPS) is 17.9. The first kappa shape index (κ1) is 18.2. The van der Waals surface area contributed by atoms with Crippen LogP contribution in [0, 0.1) is 19.8 Å². The molecule has 1 aromatic rings. The fourth-order valence-corrected chi connectivity index (χ4v) is 4.57. The molecule has 1 atom stereocenters. The van der Waals surface area contributed by atoms with Gasteiger partial charge in [0.25, 0.3) is 0 Å². The second kappa shape index (κ2) is 7.64. The molecular weight excluding hydrogens is 314 g/mol. The summed E-state index contributed by atoms with van der Waals surface area (Å²) in [6.07, 6.45) is 4.77. The predicted molar refractivity (Wildman–Crippen MR) is 90.2 cm³/mol. The third-order valence-corrected chi connectivity index (χ3v) is 6.03. The summed E-state index contributed by atoms with van der Waals surface area (Å²) in [5.74, 6) is 0.900. The lowest BCUT2D eigenvalue weighted by atomic mass is 9.85. The van der Waals surface area contributed by atoms with Crippen molar-refractivity contribution >= 4 is 10.0 Å². The summed E-state index contributed by atoms with van der Waals surface area (Å²) in [5, 5.41) is 10.2. The molecule has 0 bridgehead atoms. The molecule has 0 amide bonds. The average molecular weight is 341 g/mol. The molecule has 2 N–H and O–H groups in total. The first-order chi connectivity index (χ1) is 10.8. The van der Waals surface area contributed by atoms with Crippen molar-refractivity contribution in [3.05, 3.63) is 23.3 Å². The van der Waals surface area contributed by atoms with E-state index < -0.39 is 16.1 Å². The van der Waals surface area contributed by atoms with Crippen LogP contribution in [0.5, 0.6) is 5.75 Å². The minimum Gasteiger partial charge on any atom is -0.496 e. The van der Waals surface area contributed by atoms with Crippen LogP contribution in [0.1, 0.15) is 43.2 Å². The maximum atomic E-state index is 12.5. The van der Waals surface area contributed by atoms with Crippen LogP contribution in [0.2, 0.25) is 0 Å². The van der Waals surface area contributed by atoms with E-state index >= 15 is 0 Å². The lowest BCUT2D eigenvalue weighted by Gasteiger charge is -2.26. The van der Waals surface area contributed by atoms with E-state index in [0.29, 0.717) is 5.75 Å². The first-order valence-corrected chi connectivity index (χ1v) is 9.66. The number of aryl methyl sites for hydroxylation is 2. The predicted octanol–water partition coefficient (Wildman–Crippen LogP) is 2.53. The van der Waals surface area contributed by atoms with Crippen molar-refractivity contribution in [2.24, 2.45) is 5.92 Å². The van der Waals surface area contributed by atoms with Gasteiger partial charge in [-0.15, -0.1) is 0 Å². The van der Waals surface area contributed by atoms with Crippen LogP contribution < -0.4 is 9.46 Å². The summed E-state index contributed by atoms with van der Waals surface area (Å²) < 4.78 is 32.7. The lowest BCUT2D eigenvalue weighted by molar-refractivity contribution is 0.0888. The molecule has 0 radical (unpaired) electrons. The molecule has 0 aliphatic heterocycles. The van der Waals surface area contributed by atoms with Gasteiger partial charge in [-0.1, -0.05) is 19.3 Å². The monoisotopic (exact) mass is 341 g/mol. The largest absolute Gasteiger partial charge is 0.496 e. The molecule has 1 fully saturated rings. The van der Waals surface area contributed by atoms with Crippen molar-refractivity contribution in [1.29, 1.82) is 0 Å². The van der Waals surface area contributed by atoms with E-state index in [2.05, 4.69) is 4.72 Å². The summed E-state index contributed by atoms with van der Waals surface area (Å²) in [7, 11) is -2.06. The highest BCUT2D eigenvalue weighted by Crippen LogP contribution is 2.28. The number of aliphatic hydroxyl groups excluding tert-OH is 1.